The van der Waals surface area contributed by atoms with Crippen LogP contribution in [-0.4, -0.2) is 23.0 Å². The molecule has 0 radical (unpaired) electrons. The molecule has 1 heterocycles. The number of nitriles is 1. The van der Waals surface area contributed by atoms with E-state index < -0.39 is 5.91 Å². The molecule has 1 aliphatic carbocycles. The zero-order valence-electron chi connectivity index (χ0n) is 15.3. The molecular formula is C20H24N6O. The second-order valence-electron chi connectivity index (χ2n) is 6.95. The van der Waals surface area contributed by atoms with Crippen molar-refractivity contribution in [2.24, 2.45) is 11.5 Å². The number of anilines is 3. The van der Waals surface area contributed by atoms with E-state index in [1.54, 1.807) is 0 Å². The lowest BCUT2D eigenvalue weighted by molar-refractivity contribution is 0.100. The number of aryl methyl sites for hydroxylation is 1. The first-order chi connectivity index (χ1) is 13.0. The number of pyridine rings is 1. The lowest BCUT2D eigenvalue weighted by Crippen LogP contribution is -2.43. The second-order valence-corrected chi connectivity index (χ2v) is 6.95. The maximum atomic E-state index is 11.9. The molecule has 7 nitrogen and oxygen atoms in total. The summed E-state index contributed by atoms with van der Waals surface area (Å²) in [6, 6.07) is 11.3. The zero-order chi connectivity index (χ0) is 19.4. The highest BCUT2D eigenvalue weighted by molar-refractivity contribution is 5.99. The largest absolute Gasteiger partial charge is 0.365 e. The van der Waals surface area contributed by atoms with E-state index in [-0.39, 0.29) is 23.2 Å². The van der Waals surface area contributed by atoms with Crippen LogP contribution in [0.4, 0.5) is 17.3 Å². The maximum Gasteiger partial charge on any atom is 0.252 e. The van der Waals surface area contributed by atoms with Crippen LogP contribution in [-0.2, 0) is 0 Å². The van der Waals surface area contributed by atoms with Gasteiger partial charge in [-0.2, -0.15) is 5.26 Å². The first-order valence-electron chi connectivity index (χ1n) is 9.08. The Morgan fingerprint density at radius 3 is 2.70 bits per heavy atom. The molecule has 2 atom stereocenters. The van der Waals surface area contributed by atoms with Crippen molar-refractivity contribution in [3.63, 3.8) is 0 Å². The highest BCUT2D eigenvalue weighted by Gasteiger charge is 2.24. The maximum absolute atomic E-state index is 11.9. The summed E-state index contributed by atoms with van der Waals surface area (Å²) in [4.78, 5) is 16.4. The van der Waals surface area contributed by atoms with E-state index in [0.717, 1.165) is 36.9 Å². The topological polar surface area (TPSA) is 130 Å². The molecule has 1 aromatic carbocycles. The van der Waals surface area contributed by atoms with Crippen molar-refractivity contribution in [3.8, 4) is 6.07 Å². The van der Waals surface area contributed by atoms with Crippen molar-refractivity contribution >= 4 is 23.2 Å². The molecule has 1 aromatic heterocycles. The second kappa shape index (κ2) is 8.06. The van der Waals surface area contributed by atoms with Crippen molar-refractivity contribution in [2.75, 3.05) is 10.6 Å². The number of primary amides is 1. The molecule has 3 rings (SSSR count). The van der Waals surface area contributed by atoms with Crippen molar-refractivity contribution in [1.29, 1.82) is 5.26 Å². The van der Waals surface area contributed by atoms with Crippen molar-refractivity contribution in [2.45, 2.75) is 44.7 Å². The summed E-state index contributed by atoms with van der Waals surface area (Å²) < 4.78 is 0. The van der Waals surface area contributed by atoms with Crippen molar-refractivity contribution in [1.82, 2.24) is 4.98 Å². The summed E-state index contributed by atoms with van der Waals surface area (Å²) in [5.74, 6) is 0.0917. The molecule has 0 aliphatic heterocycles. The van der Waals surface area contributed by atoms with Crippen molar-refractivity contribution < 1.29 is 4.79 Å². The summed E-state index contributed by atoms with van der Waals surface area (Å²) in [6.45, 7) is 1.98. The van der Waals surface area contributed by atoms with E-state index >= 15 is 0 Å². The number of rotatable bonds is 5. The van der Waals surface area contributed by atoms with Gasteiger partial charge in [0.25, 0.3) is 5.91 Å². The van der Waals surface area contributed by atoms with E-state index in [4.69, 9.17) is 11.5 Å². The van der Waals surface area contributed by atoms with E-state index in [2.05, 4.69) is 21.7 Å². The van der Waals surface area contributed by atoms with E-state index in [0.29, 0.717) is 11.6 Å². The van der Waals surface area contributed by atoms with Gasteiger partial charge in [0.05, 0.1) is 11.1 Å². The number of carbonyl (C=O) groups excluding carboxylic acids is 1. The molecule has 1 fully saturated rings. The highest BCUT2D eigenvalue weighted by atomic mass is 16.1. The molecule has 140 valence electrons. The fourth-order valence-electron chi connectivity index (χ4n) is 3.37. The van der Waals surface area contributed by atoms with Crippen LogP contribution in [0.3, 0.4) is 0 Å². The number of amides is 1. The van der Waals surface area contributed by atoms with Gasteiger partial charge in [-0.05, 0) is 43.5 Å². The van der Waals surface area contributed by atoms with Crippen LogP contribution < -0.4 is 22.1 Å². The summed E-state index contributed by atoms with van der Waals surface area (Å²) in [5.41, 5.74) is 14.0. The number of nitrogens with one attached hydrogen (secondary N) is 2. The molecule has 27 heavy (non-hydrogen) atoms. The predicted molar refractivity (Wildman–Crippen MR) is 106 cm³/mol. The van der Waals surface area contributed by atoms with Gasteiger partial charge >= 0.3 is 0 Å². The number of nitrogens with zero attached hydrogens (tertiary/aromatic N) is 2. The number of benzene rings is 1. The monoisotopic (exact) mass is 364 g/mol. The highest BCUT2D eigenvalue weighted by Crippen LogP contribution is 2.27. The van der Waals surface area contributed by atoms with E-state index in [1.807, 2.05) is 31.2 Å². The minimum atomic E-state index is -0.643. The fourth-order valence-corrected chi connectivity index (χ4v) is 3.37. The molecule has 0 unspecified atom stereocenters. The molecule has 0 bridgehead atoms. The fraction of sp³-hybridized carbons (Fsp3) is 0.350. The Labute approximate surface area is 158 Å². The smallest absolute Gasteiger partial charge is 0.252 e. The Balaban J connectivity index is 1.97. The number of nitrogens with two attached hydrogens (primary N) is 2. The Morgan fingerprint density at radius 1 is 1.26 bits per heavy atom. The molecule has 7 heteroatoms. The normalized spacial score (nSPS) is 19.1. The minimum absolute atomic E-state index is 0.0103. The third kappa shape index (κ3) is 4.36. The zero-order valence-corrected chi connectivity index (χ0v) is 15.3. The van der Waals surface area contributed by atoms with Gasteiger partial charge in [0, 0.05) is 17.8 Å². The Bertz CT molecular complexity index is 889. The minimum Gasteiger partial charge on any atom is -0.365 e. The first kappa shape index (κ1) is 18.7. The van der Waals surface area contributed by atoms with Crippen LogP contribution in [0.1, 0.15) is 47.2 Å². The average Bonchev–Trinajstić information content (AvgIpc) is 2.63. The summed E-state index contributed by atoms with van der Waals surface area (Å²) in [7, 11) is 0. The van der Waals surface area contributed by atoms with Gasteiger partial charge in [0.2, 0.25) is 0 Å². The molecule has 0 spiro atoms. The van der Waals surface area contributed by atoms with Gasteiger partial charge in [-0.3, -0.25) is 4.79 Å². The van der Waals surface area contributed by atoms with Crippen LogP contribution in [0.15, 0.2) is 30.3 Å². The number of aromatic nitrogens is 1. The van der Waals surface area contributed by atoms with Gasteiger partial charge < -0.3 is 22.1 Å². The van der Waals surface area contributed by atoms with Gasteiger partial charge in [-0.1, -0.05) is 25.0 Å². The number of hydrogen-bond donors (Lipinski definition) is 4. The first-order valence-corrected chi connectivity index (χ1v) is 9.08. The van der Waals surface area contributed by atoms with Crippen LogP contribution in [0.2, 0.25) is 0 Å². The van der Waals surface area contributed by atoms with Crippen LogP contribution in [0, 0.1) is 18.3 Å². The number of carbonyl (C=O) groups is 1. The molecule has 6 N–H and O–H groups in total. The SMILES string of the molecule is Cc1cccc(Nc2nc(N[C@@H]3CCCC[C@@H]3N)c(C#N)cc2C(N)=O)c1. The number of hydrogen-bond acceptors (Lipinski definition) is 6. The molecule has 1 aliphatic rings. The Morgan fingerprint density at radius 2 is 2.04 bits per heavy atom. The van der Waals surface area contributed by atoms with Crippen LogP contribution in [0.25, 0.3) is 0 Å². The lowest BCUT2D eigenvalue weighted by Gasteiger charge is -2.30. The Hall–Kier alpha value is -3.11. The average molecular weight is 364 g/mol. The molecule has 1 amide bonds. The molecular weight excluding hydrogens is 340 g/mol. The van der Waals surface area contributed by atoms with Gasteiger partial charge in [0.1, 0.15) is 17.7 Å². The summed E-state index contributed by atoms with van der Waals surface area (Å²) in [6.07, 6.45) is 4.05. The van der Waals surface area contributed by atoms with E-state index in [1.165, 1.54) is 6.07 Å². The summed E-state index contributed by atoms with van der Waals surface area (Å²) in [5, 5.41) is 15.9. The Kier molecular flexibility index (Phi) is 5.57. The third-order valence-electron chi connectivity index (χ3n) is 4.83. The van der Waals surface area contributed by atoms with Gasteiger partial charge in [-0.25, -0.2) is 4.98 Å². The lowest BCUT2D eigenvalue weighted by atomic mass is 9.91. The van der Waals surface area contributed by atoms with Gasteiger partial charge in [-0.15, -0.1) is 0 Å². The van der Waals surface area contributed by atoms with Crippen LogP contribution >= 0.6 is 0 Å². The standard InChI is InChI=1S/C20H24N6O/c1-12-5-4-6-14(9-12)24-20-15(18(23)27)10-13(11-21)19(26-20)25-17-8-3-2-7-16(17)22/h4-6,9-10,16-17H,2-3,7-8,22H2,1H3,(H2,23,27)(H2,24,25,26)/t16-,17+/m0/s1. The quantitative estimate of drug-likeness (QED) is 0.645. The van der Waals surface area contributed by atoms with Gasteiger partial charge in [0.15, 0.2) is 0 Å². The molecule has 2 aromatic rings. The third-order valence-corrected chi connectivity index (χ3v) is 4.83. The molecule has 1 saturated carbocycles. The predicted octanol–water partition coefficient (Wildman–Crippen LogP) is 2.79. The van der Waals surface area contributed by atoms with E-state index in [9.17, 15) is 10.1 Å². The molecule has 0 saturated heterocycles. The van der Waals surface area contributed by atoms with Crippen molar-refractivity contribution in [3.05, 3.63) is 47.0 Å². The van der Waals surface area contributed by atoms with Crippen LogP contribution in [0.5, 0.6) is 0 Å². The summed E-state index contributed by atoms with van der Waals surface area (Å²) >= 11 is 0.